The van der Waals surface area contributed by atoms with Gasteiger partial charge in [0.2, 0.25) is 0 Å². The van der Waals surface area contributed by atoms with Gasteiger partial charge in [-0.2, -0.15) is 0 Å². The Hall–Kier alpha value is -0.980. The van der Waals surface area contributed by atoms with Gasteiger partial charge in [0.25, 0.3) is 0 Å². The first kappa shape index (κ1) is 44.0. The number of rotatable bonds is 38. The van der Waals surface area contributed by atoms with Crippen LogP contribution < -0.4 is 0 Å². The standard InChI is InChI=1S/C46H86O/c1-3-5-7-9-11-13-15-17-19-21-23-25-27-29-31-33-35-37-40-44-42-39-43-45(46(44)47)41-38-36-34-32-30-28-26-24-22-20-18-16-14-12-10-8-6-4-2/h39,42-43,47H,3-38,40-41H2,1-2H3. The van der Waals surface area contributed by atoms with Crippen LogP contribution in [0.4, 0.5) is 0 Å². The molecule has 276 valence electrons. The molecule has 0 aromatic heterocycles. The van der Waals surface area contributed by atoms with E-state index in [-0.39, 0.29) is 0 Å². The van der Waals surface area contributed by atoms with Crippen molar-refractivity contribution in [1.82, 2.24) is 0 Å². The van der Waals surface area contributed by atoms with Crippen LogP contribution in [0.3, 0.4) is 0 Å². The van der Waals surface area contributed by atoms with Gasteiger partial charge in [-0.3, -0.25) is 0 Å². The topological polar surface area (TPSA) is 20.2 Å². The van der Waals surface area contributed by atoms with E-state index in [2.05, 4.69) is 32.0 Å². The lowest BCUT2D eigenvalue weighted by molar-refractivity contribution is 0.456. The van der Waals surface area contributed by atoms with Crippen molar-refractivity contribution in [3.05, 3.63) is 29.3 Å². The Morgan fingerprint density at radius 1 is 0.298 bits per heavy atom. The fraction of sp³-hybridized carbons (Fsp3) is 0.870. The van der Waals surface area contributed by atoms with Crippen LogP contribution >= 0.6 is 0 Å². The lowest BCUT2D eigenvalue weighted by Crippen LogP contribution is -1.93. The number of para-hydroxylation sites is 1. The molecule has 0 fully saturated rings. The summed E-state index contributed by atoms with van der Waals surface area (Å²) in [5, 5.41) is 10.9. The van der Waals surface area contributed by atoms with E-state index in [0.29, 0.717) is 5.75 Å². The molecule has 1 N–H and O–H groups in total. The van der Waals surface area contributed by atoms with Gasteiger partial charge in [-0.05, 0) is 36.8 Å². The maximum Gasteiger partial charge on any atom is 0.121 e. The van der Waals surface area contributed by atoms with Crippen molar-refractivity contribution in [2.24, 2.45) is 0 Å². The van der Waals surface area contributed by atoms with Gasteiger partial charge < -0.3 is 5.11 Å². The van der Waals surface area contributed by atoms with E-state index in [1.165, 1.54) is 242 Å². The number of benzene rings is 1. The Labute approximate surface area is 297 Å². The van der Waals surface area contributed by atoms with Crippen LogP contribution in [0.2, 0.25) is 0 Å². The van der Waals surface area contributed by atoms with Crippen LogP contribution in [-0.4, -0.2) is 5.11 Å². The summed E-state index contributed by atoms with van der Waals surface area (Å²) in [7, 11) is 0. The molecule has 0 bridgehead atoms. The van der Waals surface area contributed by atoms with Gasteiger partial charge in [0.15, 0.2) is 0 Å². The van der Waals surface area contributed by atoms with Gasteiger partial charge >= 0.3 is 0 Å². The molecule has 1 heteroatoms. The maximum atomic E-state index is 10.9. The fourth-order valence-corrected chi connectivity index (χ4v) is 7.48. The number of unbranched alkanes of at least 4 members (excludes halogenated alkanes) is 34. The highest BCUT2D eigenvalue weighted by atomic mass is 16.3. The predicted octanol–water partition coefficient (Wildman–Crippen LogP) is 16.6. The summed E-state index contributed by atoms with van der Waals surface area (Å²) in [5.41, 5.74) is 2.36. The van der Waals surface area contributed by atoms with Gasteiger partial charge in [0, 0.05) is 0 Å². The SMILES string of the molecule is CCCCCCCCCCCCCCCCCCCCc1cccc(CCCCCCCCCCCCCCCCCCCC)c1O. The molecule has 0 aliphatic carbocycles. The average Bonchev–Trinajstić information content (AvgIpc) is 3.08. The summed E-state index contributed by atoms with van der Waals surface area (Å²) >= 11 is 0. The number of aromatic hydroxyl groups is 1. The minimum atomic E-state index is 0.603. The van der Waals surface area contributed by atoms with Crippen molar-refractivity contribution >= 4 is 0 Å². The summed E-state index contributed by atoms with van der Waals surface area (Å²) in [6.07, 6.45) is 53.1. The quantitative estimate of drug-likeness (QED) is 0.0704. The molecule has 0 saturated carbocycles. The first-order chi connectivity index (χ1) is 23.3. The number of hydrogen-bond donors (Lipinski definition) is 1. The number of hydrogen-bond acceptors (Lipinski definition) is 1. The van der Waals surface area contributed by atoms with Crippen LogP contribution in [0.25, 0.3) is 0 Å². The largest absolute Gasteiger partial charge is 0.507 e. The Morgan fingerprint density at radius 2 is 0.489 bits per heavy atom. The van der Waals surface area contributed by atoms with Crippen molar-refractivity contribution in [3.63, 3.8) is 0 Å². The fourth-order valence-electron chi connectivity index (χ4n) is 7.48. The molecular weight excluding hydrogens is 569 g/mol. The average molecular weight is 655 g/mol. The van der Waals surface area contributed by atoms with Gasteiger partial charge in [-0.1, -0.05) is 250 Å². The maximum absolute atomic E-state index is 10.9. The summed E-state index contributed by atoms with van der Waals surface area (Å²) in [6, 6.07) is 6.48. The Morgan fingerprint density at radius 3 is 0.702 bits per heavy atom. The summed E-state index contributed by atoms with van der Waals surface area (Å²) < 4.78 is 0. The molecule has 0 unspecified atom stereocenters. The second-order valence-corrected chi connectivity index (χ2v) is 15.4. The first-order valence-corrected chi connectivity index (χ1v) is 22.1. The van der Waals surface area contributed by atoms with E-state index in [4.69, 9.17) is 0 Å². The smallest absolute Gasteiger partial charge is 0.121 e. The highest BCUT2D eigenvalue weighted by molar-refractivity contribution is 5.40. The molecule has 0 amide bonds. The normalized spacial score (nSPS) is 11.5. The van der Waals surface area contributed by atoms with Gasteiger partial charge in [0.05, 0.1) is 0 Å². The third-order valence-electron chi connectivity index (χ3n) is 10.8. The lowest BCUT2D eigenvalue weighted by atomic mass is 9.98. The third kappa shape index (κ3) is 29.6. The third-order valence-corrected chi connectivity index (χ3v) is 10.8. The van der Waals surface area contributed by atoms with E-state index in [9.17, 15) is 5.11 Å². The van der Waals surface area contributed by atoms with Crippen molar-refractivity contribution < 1.29 is 5.11 Å². The lowest BCUT2D eigenvalue weighted by Gasteiger charge is -2.10. The molecule has 1 rings (SSSR count). The van der Waals surface area contributed by atoms with Crippen LogP contribution in [-0.2, 0) is 12.8 Å². The van der Waals surface area contributed by atoms with E-state index >= 15 is 0 Å². The predicted molar refractivity (Wildman–Crippen MR) is 213 cm³/mol. The zero-order chi connectivity index (χ0) is 33.7. The second-order valence-electron chi connectivity index (χ2n) is 15.4. The van der Waals surface area contributed by atoms with Crippen molar-refractivity contribution in [2.75, 3.05) is 0 Å². The minimum absolute atomic E-state index is 0.603. The molecule has 0 atom stereocenters. The Balaban J connectivity index is 1.88. The highest BCUT2D eigenvalue weighted by Crippen LogP contribution is 2.26. The first-order valence-electron chi connectivity index (χ1n) is 22.1. The molecule has 0 radical (unpaired) electrons. The Kier molecular flexibility index (Phi) is 34.0. The zero-order valence-corrected chi connectivity index (χ0v) is 32.5. The van der Waals surface area contributed by atoms with E-state index in [1.54, 1.807) is 0 Å². The molecule has 1 aromatic carbocycles. The minimum Gasteiger partial charge on any atom is -0.507 e. The molecule has 0 aliphatic rings. The molecule has 0 saturated heterocycles. The molecule has 1 nitrogen and oxygen atoms in total. The molecule has 0 spiro atoms. The molecule has 0 aliphatic heterocycles. The van der Waals surface area contributed by atoms with Crippen molar-refractivity contribution in [3.8, 4) is 5.75 Å². The summed E-state index contributed by atoms with van der Waals surface area (Å²) in [5.74, 6) is 0.603. The molecule has 0 heterocycles. The second kappa shape index (κ2) is 36.3. The van der Waals surface area contributed by atoms with E-state index < -0.39 is 0 Å². The summed E-state index contributed by atoms with van der Waals surface area (Å²) in [4.78, 5) is 0. The number of phenolic OH excluding ortho intramolecular Hbond substituents is 1. The van der Waals surface area contributed by atoms with Gasteiger partial charge in [0.1, 0.15) is 5.75 Å². The van der Waals surface area contributed by atoms with Gasteiger partial charge in [-0.25, -0.2) is 0 Å². The van der Waals surface area contributed by atoms with E-state index in [0.717, 1.165) is 12.8 Å². The molecular formula is C46H86O. The van der Waals surface area contributed by atoms with Crippen LogP contribution in [0.15, 0.2) is 18.2 Å². The van der Waals surface area contributed by atoms with Gasteiger partial charge in [-0.15, -0.1) is 0 Å². The number of aryl methyl sites for hydroxylation is 2. The van der Waals surface area contributed by atoms with E-state index in [1.807, 2.05) is 0 Å². The van der Waals surface area contributed by atoms with Crippen LogP contribution in [0.1, 0.15) is 256 Å². The zero-order valence-electron chi connectivity index (χ0n) is 32.5. The van der Waals surface area contributed by atoms with Crippen molar-refractivity contribution in [2.45, 2.75) is 258 Å². The Bertz CT molecular complexity index is 680. The molecule has 1 aromatic rings. The monoisotopic (exact) mass is 655 g/mol. The molecule has 47 heavy (non-hydrogen) atoms. The van der Waals surface area contributed by atoms with Crippen molar-refractivity contribution in [1.29, 1.82) is 0 Å². The highest BCUT2D eigenvalue weighted by Gasteiger charge is 2.07. The summed E-state index contributed by atoms with van der Waals surface area (Å²) in [6.45, 7) is 4.60. The number of phenols is 1. The van der Waals surface area contributed by atoms with Crippen LogP contribution in [0, 0.1) is 0 Å². The van der Waals surface area contributed by atoms with Crippen LogP contribution in [0.5, 0.6) is 5.75 Å².